The summed E-state index contributed by atoms with van der Waals surface area (Å²) in [4.78, 5) is 4.49. The van der Waals surface area contributed by atoms with Gasteiger partial charge in [0.25, 0.3) is 0 Å². The van der Waals surface area contributed by atoms with Gasteiger partial charge in [0.2, 0.25) is 0 Å². The van der Waals surface area contributed by atoms with Crippen LogP contribution in [0.1, 0.15) is 55.1 Å². The highest BCUT2D eigenvalue weighted by Crippen LogP contribution is 2.44. The predicted molar refractivity (Wildman–Crippen MR) is 139 cm³/mol. The van der Waals surface area contributed by atoms with Gasteiger partial charge in [-0.2, -0.15) is 5.10 Å². The van der Waals surface area contributed by atoms with E-state index >= 15 is 0 Å². The number of aliphatic imine (C=N–C) groups is 1. The van der Waals surface area contributed by atoms with E-state index in [9.17, 15) is 0 Å². The molecule has 1 aromatic carbocycles. The first kappa shape index (κ1) is 25.5. The highest BCUT2D eigenvalue weighted by Gasteiger charge is 2.37. The lowest BCUT2D eigenvalue weighted by atomic mass is 9.78. The molecule has 0 aliphatic heterocycles. The average Bonchev–Trinajstić information content (AvgIpc) is 3.32. The van der Waals surface area contributed by atoms with Crippen molar-refractivity contribution >= 4 is 29.9 Å². The minimum absolute atomic E-state index is 0. The number of halogens is 1. The molecule has 2 aromatic rings. The highest BCUT2D eigenvalue weighted by atomic mass is 127. The summed E-state index contributed by atoms with van der Waals surface area (Å²) in [6.07, 6.45) is 5.76. The second-order valence-corrected chi connectivity index (χ2v) is 8.64. The molecule has 31 heavy (non-hydrogen) atoms. The van der Waals surface area contributed by atoms with Crippen molar-refractivity contribution in [1.29, 1.82) is 0 Å². The summed E-state index contributed by atoms with van der Waals surface area (Å²) in [6.45, 7) is 7.26. The Balaban J connectivity index is 0.00000341. The normalized spacial score (nSPS) is 16.5. The van der Waals surface area contributed by atoms with Gasteiger partial charge in [-0.15, -0.1) is 24.0 Å². The maximum Gasteiger partial charge on any atom is 0.191 e. The number of ether oxygens (including phenoxy) is 1. The first-order valence-electron chi connectivity index (χ1n) is 11.0. The van der Waals surface area contributed by atoms with E-state index in [1.165, 1.54) is 42.5 Å². The molecule has 0 radical (unpaired) electrons. The minimum Gasteiger partial charge on any atom is -0.496 e. The van der Waals surface area contributed by atoms with Gasteiger partial charge in [0, 0.05) is 43.4 Å². The maximum atomic E-state index is 5.69. The van der Waals surface area contributed by atoms with E-state index in [1.54, 1.807) is 7.11 Å². The molecule has 1 aliphatic carbocycles. The SMILES string of the molecule is CN=C(NCC1(c2ccccc2OC)CCCC1)NC(C)Cc1c(C)nn(C)c1C.I. The molecule has 0 spiro atoms. The van der Waals surface area contributed by atoms with Gasteiger partial charge < -0.3 is 15.4 Å². The van der Waals surface area contributed by atoms with Gasteiger partial charge in [-0.25, -0.2) is 0 Å². The molecule has 1 atom stereocenters. The molecule has 2 N–H and O–H groups in total. The number of aromatic nitrogens is 2. The van der Waals surface area contributed by atoms with E-state index in [2.05, 4.69) is 59.7 Å². The Labute approximate surface area is 204 Å². The Kier molecular flexibility index (Phi) is 9.21. The standard InChI is InChI=1S/C24H37N5O.HI/c1-17(15-20-18(2)28-29(5)19(20)3)27-23(25-4)26-16-24(13-9-10-14-24)21-11-7-8-12-22(21)30-6;/h7-8,11-12,17H,9-10,13-16H2,1-6H3,(H2,25,26,27);1H. The molecule has 0 saturated heterocycles. The van der Waals surface area contributed by atoms with Crippen molar-refractivity contribution in [1.82, 2.24) is 20.4 Å². The Hall–Kier alpha value is -1.77. The highest BCUT2D eigenvalue weighted by molar-refractivity contribution is 14.0. The third-order valence-corrected chi connectivity index (χ3v) is 6.61. The van der Waals surface area contributed by atoms with Crippen LogP contribution in [0.3, 0.4) is 0 Å². The summed E-state index contributed by atoms with van der Waals surface area (Å²) in [5.41, 5.74) is 5.04. The fourth-order valence-corrected chi connectivity index (χ4v) is 4.83. The van der Waals surface area contributed by atoms with Crippen LogP contribution in [0.2, 0.25) is 0 Å². The summed E-state index contributed by atoms with van der Waals surface area (Å²) in [6, 6.07) is 8.71. The molecular weight excluding hydrogens is 501 g/mol. The summed E-state index contributed by atoms with van der Waals surface area (Å²) in [5, 5.41) is 11.7. The van der Waals surface area contributed by atoms with Gasteiger partial charge in [0.05, 0.1) is 12.8 Å². The molecule has 1 heterocycles. The van der Waals surface area contributed by atoms with Crippen molar-refractivity contribution < 1.29 is 4.74 Å². The lowest BCUT2D eigenvalue weighted by Crippen LogP contribution is -2.47. The van der Waals surface area contributed by atoms with Gasteiger partial charge in [-0.3, -0.25) is 9.67 Å². The number of para-hydroxylation sites is 1. The van der Waals surface area contributed by atoms with Crippen LogP contribution in [-0.4, -0.2) is 42.5 Å². The fourth-order valence-electron chi connectivity index (χ4n) is 4.83. The summed E-state index contributed by atoms with van der Waals surface area (Å²) in [7, 11) is 5.61. The molecule has 1 fully saturated rings. The van der Waals surface area contributed by atoms with Crippen LogP contribution in [0.5, 0.6) is 5.75 Å². The Morgan fingerprint density at radius 3 is 2.52 bits per heavy atom. The molecule has 1 aliphatic rings. The Bertz CT molecular complexity index is 886. The monoisotopic (exact) mass is 539 g/mol. The lowest BCUT2D eigenvalue weighted by molar-refractivity contribution is 0.371. The molecule has 0 bridgehead atoms. The third-order valence-electron chi connectivity index (χ3n) is 6.61. The molecule has 172 valence electrons. The van der Waals surface area contributed by atoms with Crippen molar-refractivity contribution in [3.63, 3.8) is 0 Å². The molecule has 1 unspecified atom stereocenters. The van der Waals surface area contributed by atoms with E-state index in [0.29, 0.717) is 0 Å². The average molecular weight is 540 g/mol. The zero-order valence-electron chi connectivity index (χ0n) is 19.8. The number of guanidine groups is 1. The molecule has 1 saturated carbocycles. The zero-order chi connectivity index (χ0) is 21.7. The van der Waals surface area contributed by atoms with Crippen molar-refractivity contribution in [3.8, 4) is 5.75 Å². The van der Waals surface area contributed by atoms with Crippen LogP contribution in [0.4, 0.5) is 0 Å². The third kappa shape index (κ3) is 5.73. The Morgan fingerprint density at radius 1 is 1.26 bits per heavy atom. The van der Waals surface area contributed by atoms with Gasteiger partial charge in [0.15, 0.2) is 5.96 Å². The minimum atomic E-state index is 0. The maximum absolute atomic E-state index is 5.69. The van der Waals surface area contributed by atoms with Gasteiger partial charge in [0.1, 0.15) is 5.75 Å². The van der Waals surface area contributed by atoms with Crippen LogP contribution >= 0.6 is 24.0 Å². The molecule has 1 aromatic heterocycles. The van der Waals surface area contributed by atoms with Crippen molar-refractivity contribution in [2.75, 3.05) is 20.7 Å². The zero-order valence-corrected chi connectivity index (χ0v) is 22.1. The van der Waals surface area contributed by atoms with E-state index < -0.39 is 0 Å². The number of hydrogen-bond donors (Lipinski definition) is 2. The molecule has 0 amide bonds. The summed E-state index contributed by atoms with van der Waals surface area (Å²) < 4.78 is 7.65. The topological polar surface area (TPSA) is 63.5 Å². The smallest absolute Gasteiger partial charge is 0.191 e. The van der Waals surface area contributed by atoms with Crippen molar-refractivity contribution in [3.05, 3.63) is 46.8 Å². The first-order valence-corrected chi connectivity index (χ1v) is 11.0. The summed E-state index contributed by atoms with van der Waals surface area (Å²) in [5.74, 6) is 1.84. The van der Waals surface area contributed by atoms with Gasteiger partial charge in [-0.1, -0.05) is 31.0 Å². The van der Waals surface area contributed by atoms with Crippen LogP contribution in [0.25, 0.3) is 0 Å². The number of nitrogens with zero attached hydrogens (tertiary/aromatic N) is 3. The van der Waals surface area contributed by atoms with Crippen LogP contribution in [0, 0.1) is 13.8 Å². The van der Waals surface area contributed by atoms with Crippen molar-refractivity contribution in [2.24, 2.45) is 12.0 Å². The van der Waals surface area contributed by atoms with E-state index in [4.69, 9.17) is 4.74 Å². The van der Waals surface area contributed by atoms with Gasteiger partial charge >= 0.3 is 0 Å². The lowest BCUT2D eigenvalue weighted by Gasteiger charge is -2.32. The quantitative estimate of drug-likeness (QED) is 0.314. The number of hydrogen-bond acceptors (Lipinski definition) is 3. The molecule has 6 nitrogen and oxygen atoms in total. The number of benzene rings is 1. The van der Waals surface area contributed by atoms with Crippen molar-refractivity contribution in [2.45, 2.75) is 64.3 Å². The van der Waals surface area contributed by atoms with Crippen LogP contribution in [0.15, 0.2) is 29.3 Å². The van der Waals surface area contributed by atoms with E-state index in [0.717, 1.165) is 30.4 Å². The fraction of sp³-hybridized carbons (Fsp3) is 0.583. The number of methoxy groups -OCH3 is 1. The largest absolute Gasteiger partial charge is 0.496 e. The number of aryl methyl sites for hydroxylation is 2. The molecule has 7 heteroatoms. The number of nitrogens with one attached hydrogen (secondary N) is 2. The van der Waals surface area contributed by atoms with Crippen LogP contribution < -0.4 is 15.4 Å². The van der Waals surface area contributed by atoms with E-state index in [1.807, 2.05) is 24.8 Å². The second-order valence-electron chi connectivity index (χ2n) is 8.64. The predicted octanol–water partition coefficient (Wildman–Crippen LogP) is 4.27. The Morgan fingerprint density at radius 2 is 1.94 bits per heavy atom. The molecular formula is C24H38IN5O. The van der Waals surface area contributed by atoms with Gasteiger partial charge in [-0.05, 0) is 51.7 Å². The summed E-state index contributed by atoms with van der Waals surface area (Å²) >= 11 is 0. The van der Waals surface area contributed by atoms with Crippen LogP contribution in [-0.2, 0) is 18.9 Å². The van der Waals surface area contributed by atoms with E-state index in [-0.39, 0.29) is 35.4 Å². The molecule has 3 rings (SSSR count). The number of rotatable bonds is 7. The first-order chi connectivity index (χ1) is 14.4. The second kappa shape index (κ2) is 11.2.